The number of nitro benzene ring substituents is 1. The van der Waals surface area contributed by atoms with Crippen molar-refractivity contribution >= 4 is 44.8 Å². The molecule has 13 heteroatoms. The first-order chi connectivity index (χ1) is 13.9. The van der Waals surface area contributed by atoms with Crippen LogP contribution in [0.25, 0.3) is 0 Å². The number of halogens is 2. The SMILES string of the molecule is O=C(O)c1ccc(N[C@H](CS(=O)(=O)Cc2c(F)cccc2Cl)C(=O)O)c([N+](=O)[O-])c1. The van der Waals surface area contributed by atoms with Crippen LogP contribution >= 0.6 is 11.6 Å². The van der Waals surface area contributed by atoms with Gasteiger partial charge in [-0.1, -0.05) is 17.7 Å². The van der Waals surface area contributed by atoms with Crippen molar-refractivity contribution < 1.29 is 37.5 Å². The molecule has 160 valence electrons. The van der Waals surface area contributed by atoms with Gasteiger partial charge < -0.3 is 15.5 Å². The molecule has 2 aromatic rings. The van der Waals surface area contributed by atoms with Crippen LogP contribution in [0.2, 0.25) is 5.02 Å². The van der Waals surface area contributed by atoms with Crippen LogP contribution in [0.1, 0.15) is 15.9 Å². The normalized spacial score (nSPS) is 12.2. The van der Waals surface area contributed by atoms with Gasteiger partial charge in [-0.15, -0.1) is 0 Å². The summed E-state index contributed by atoms with van der Waals surface area (Å²) in [5.41, 5.74) is -1.90. The number of anilines is 1. The third-order valence-corrected chi connectivity index (χ3v) is 5.84. The largest absolute Gasteiger partial charge is 0.480 e. The molecule has 0 heterocycles. The van der Waals surface area contributed by atoms with Crippen LogP contribution in [0.3, 0.4) is 0 Å². The number of hydrogen-bond donors (Lipinski definition) is 3. The molecule has 0 bridgehead atoms. The first-order valence-electron chi connectivity index (χ1n) is 8.05. The summed E-state index contributed by atoms with van der Waals surface area (Å²) in [6, 6.07) is 4.36. The van der Waals surface area contributed by atoms with E-state index in [-0.39, 0.29) is 10.6 Å². The first-order valence-corrected chi connectivity index (χ1v) is 10.3. The second kappa shape index (κ2) is 9.05. The molecular weight excluding hydrogens is 447 g/mol. The molecule has 0 fully saturated rings. The number of hydrogen-bond acceptors (Lipinski definition) is 7. The van der Waals surface area contributed by atoms with Crippen LogP contribution in [-0.4, -0.2) is 47.3 Å². The lowest BCUT2D eigenvalue weighted by atomic mass is 10.1. The van der Waals surface area contributed by atoms with Gasteiger partial charge in [-0.25, -0.2) is 22.4 Å². The number of sulfone groups is 1. The van der Waals surface area contributed by atoms with Crippen molar-refractivity contribution in [3.63, 3.8) is 0 Å². The van der Waals surface area contributed by atoms with Crippen molar-refractivity contribution in [2.45, 2.75) is 11.8 Å². The molecule has 0 saturated heterocycles. The fourth-order valence-electron chi connectivity index (χ4n) is 2.50. The van der Waals surface area contributed by atoms with E-state index in [1.807, 2.05) is 0 Å². The zero-order valence-corrected chi connectivity index (χ0v) is 16.5. The van der Waals surface area contributed by atoms with Crippen LogP contribution in [0, 0.1) is 15.9 Å². The Morgan fingerprint density at radius 1 is 1.23 bits per heavy atom. The van der Waals surface area contributed by atoms with Gasteiger partial charge in [0.15, 0.2) is 9.84 Å². The second-order valence-electron chi connectivity index (χ2n) is 6.08. The maximum atomic E-state index is 13.9. The Balaban J connectivity index is 2.32. The highest BCUT2D eigenvalue weighted by atomic mass is 35.5. The van der Waals surface area contributed by atoms with Crippen LogP contribution in [-0.2, 0) is 20.4 Å². The zero-order chi connectivity index (χ0) is 22.6. The average Bonchev–Trinajstić information content (AvgIpc) is 2.64. The van der Waals surface area contributed by atoms with Crippen molar-refractivity contribution in [2.75, 3.05) is 11.1 Å². The van der Waals surface area contributed by atoms with Gasteiger partial charge in [-0.05, 0) is 24.3 Å². The third-order valence-electron chi connectivity index (χ3n) is 3.92. The molecule has 0 amide bonds. The van der Waals surface area contributed by atoms with Crippen LogP contribution < -0.4 is 5.32 Å². The van der Waals surface area contributed by atoms with E-state index in [1.54, 1.807) is 0 Å². The molecule has 2 aromatic carbocycles. The van der Waals surface area contributed by atoms with E-state index in [9.17, 15) is 37.6 Å². The first kappa shape index (κ1) is 23.0. The Bertz CT molecular complexity index is 1100. The number of aromatic carboxylic acids is 1. The summed E-state index contributed by atoms with van der Waals surface area (Å²) in [6.45, 7) is 0. The number of carboxylic acid groups (broad SMARTS) is 2. The Hall–Kier alpha value is -3.25. The minimum absolute atomic E-state index is 0.154. The summed E-state index contributed by atoms with van der Waals surface area (Å²) in [5.74, 6) is -5.89. The summed E-state index contributed by atoms with van der Waals surface area (Å²) in [7, 11) is -4.23. The van der Waals surface area contributed by atoms with Crippen molar-refractivity contribution in [1.29, 1.82) is 0 Å². The number of nitrogens with one attached hydrogen (secondary N) is 1. The van der Waals surface area contributed by atoms with E-state index in [4.69, 9.17) is 16.7 Å². The van der Waals surface area contributed by atoms with Gasteiger partial charge in [-0.2, -0.15) is 0 Å². The van der Waals surface area contributed by atoms with Gasteiger partial charge >= 0.3 is 11.9 Å². The molecule has 0 aliphatic carbocycles. The molecular formula is C17H14ClFN2O8S. The molecule has 10 nitrogen and oxygen atoms in total. The second-order valence-corrected chi connectivity index (χ2v) is 8.60. The summed E-state index contributed by atoms with van der Waals surface area (Å²) < 4.78 is 38.7. The molecule has 0 saturated carbocycles. The fraction of sp³-hybridized carbons (Fsp3) is 0.176. The molecule has 30 heavy (non-hydrogen) atoms. The van der Waals surface area contributed by atoms with Gasteiger partial charge in [0.1, 0.15) is 17.5 Å². The molecule has 0 aliphatic rings. The van der Waals surface area contributed by atoms with Gasteiger partial charge in [-0.3, -0.25) is 10.1 Å². The van der Waals surface area contributed by atoms with E-state index in [0.29, 0.717) is 6.07 Å². The van der Waals surface area contributed by atoms with Gasteiger partial charge in [0, 0.05) is 16.7 Å². The molecule has 2 rings (SSSR count). The number of aliphatic carboxylic acids is 1. The Morgan fingerprint density at radius 2 is 1.90 bits per heavy atom. The van der Waals surface area contributed by atoms with Gasteiger partial charge in [0.2, 0.25) is 0 Å². The molecule has 1 atom stereocenters. The van der Waals surface area contributed by atoms with Crippen molar-refractivity contribution in [1.82, 2.24) is 0 Å². The number of rotatable bonds is 9. The van der Waals surface area contributed by atoms with E-state index >= 15 is 0 Å². The molecule has 0 aromatic heterocycles. The highest BCUT2D eigenvalue weighted by molar-refractivity contribution is 7.90. The van der Waals surface area contributed by atoms with Crippen LogP contribution in [0.4, 0.5) is 15.8 Å². The third kappa shape index (κ3) is 5.64. The zero-order valence-electron chi connectivity index (χ0n) is 14.9. The monoisotopic (exact) mass is 460 g/mol. The van der Waals surface area contributed by atoms with Crippen LogP contribution in [0.5, 0.6) is 0 Å². The van der Waals surface area contributed by atoms with E-state index < -0.39 is 67.0 Å². The highest BCUT2D eigenvalue weighted by Gasteiger charge is 2.29. The van der Waals surface area contributed by atoms with Crippen molar-refractivity contribution in [2.24, 2.45) is 0 Å². The molecule has 0 unspecified atom stereocenters. The fourth-order valence-corrected chi connectivity index (χ4v) is 4.40. The topological polar surface area (TPSA) is 164 Å². The van der Waals surface area contributed by atoms with Gasteiger partial charge in [0.05, 0.1) is 22.0 Å². The molecule has 0 spiro atoms. The Morgan fingerprint density at radius 3 is 2.43 bits per heavy atom. The predicted molar refractivity (Wildman–Crippen MR) is 104 cm³/mol. The predicted octanol–water partition coefficient (Wildman–Crippen LogP) is 2.57. The number of nitro groups is 1. The molecule has 3 N–H and O–H groups in total. The van der Waals surface area contributed by atoms with E-state index in [1.165, 1.54) is 12.1 Å². The highest BCUT2D eigenvalue weighted by Crippen LogP contribution is 2.27. The minimum Gasteiger partial charge on any atom is -0.480 e. The van der Waals surface area contributed by atoms with Gasteiger partial charge in [0.25, 0.3) is 5.69 Å². The number of carbonyl (C=O) groups is 2. The average molecular weight is 461 g/mol. The lowest BCUT2D eigenvalue weighted by molar-refractivity contribution is -0.384. The lowest BCUT2D eigenvalue weighted by Crippen LogP contribution is -2.37. The smallest absolute Gasteiger partial charge is 0.335 e. The summed E-state index contributed by atoms with van der Waals surface area (Å²) in [6.07, 6.45) is 0. The van der Waals surface area contributed by atoms with E-state index in [0.717, 1.165) is 18.2 Å². The minimum atomic E-state index is -4.23. The number of benzene rings is 2. The maximum Gasteiger partial charge on any atom is 0.335 e. The molecule has 0 aliphatic heterocycles. The maximum absolute atomic E-state index is 13.9. The van der Waals surface area contributed by atoms with Crippen molar-refractivity contribution in [3.05, 3.63) is 68.5 Å². The van der Waals surface area contributed by atoms with Crippen molar-refractivity contribution in [3.8, 4) is 0 Å². The quantitative estimate of drug-likeness (QED) is 0.376. The lowest BCUT2D eigenvalue weighted by Gasteiger charge is -2.16. The standard InChI is InChI=1S/C17H14ClFN2O8S/c18-11-2-1-3-12(19)10(11)7-30(28,29)8-14(17(24)25)20-13-5-4-9(16(22)23)6-15(13)21(26)27/h1-6,14,20H,7-8H2,(H,22,23)(H,24,25)/t14-/m1/s1. The van der Waals surface area contributed by atoms with Crippen LogP contribution in [0.15, 0.2) is 36.4 Å². The summed E-state index contributed by atoms with van der Waals surface area (Å²) in [5, 5.41) is 31.6. The Labute approximate surface area is 174 Å². The molecule has 0 radical (unpaired) electrons. The summed E-state index contributed by atoms with van der Waals surface area (Å²) >= 11 is 5.80. The Kier molecular flexibility index (Phi) is 6.95. The number of carboxylic acids is 2. The summed E-state index contributed by atoms with van der Waals surface area (Å²) in [4.78, 5) is 32.8. The van der Waals surface area contributed by atoms with E-state index in [2.05, 4.69) is 5.32 Å². The number of nitrogens with zero attached hydrogens (tertiary/aromatic N) is 1.